The van der Waals surface area contributed by atoms with Crippen molar-refractivity contribution < 1.29 is 15.1 Å². The Bertz CT molecular complexity index is 1150. The fourth-order valence-corrected chi connectivity index (χ4v) is 1.62. The Morgan fingerprint density at radius 2 is 1.47 bits per heavy atom. The van der Waals surface area contributed by atoms with Crippen LogP contribution in [0.2, 0.25) is 0 Å². The summed E-state index contributed by atoms with van der Waals surface area (Å²) in [4.78, 5) is 0. The third kappa shape index (κ3) is 1.98. The van der Waals surface area contributed by atoms with E-state index in [1.54, 1.807) is 0 Å². The molecule has 0 heterocycles. The zero-order chi connectivity index (χ0) is 21.2. The molecule has 17 heavy (non-hydrogen) atoms. The highest BCUT2D eigenvalue weighted by atomic mass is 79.9. The second kappa shape index (κ2) is 4.34. The quantitative estimate of drug-likeness (QED) is 0.573. The second-order valence-electron chi connectivity index (χ2n) is 3.19. The maximum atomic E-state index is 8.27. The molecule has 0 amide bonds. The Balaban J connectivity index is 2.73. The van der Waals surface area contributed by atoms with Gasteiger partial charge in [0, 0.05) is 4.47 Å². The molecular formula is C16H11Br. The zero-order valence-corrected chi connectivity index (χ0v) is 9.96. The summed E-state index contributed by atoms with van der Waals surface area (Å²) in [5.74, 6) is 0. The molecule has 0 aromatic heterocycles. The first-order valence-electron chi connectivity index (χ1n) is 10.2. The van der Waals surface area contributed by atoms with Crippen molar-refractivity contribution in [3.63, 3.8) is 0 Å². The Labute approximate surface area is 124 Å². The molecule has 0 nitrogen and oxygen atoms in total. The van der Waals surface area contributed by atoms with Gasteiger partial charge in [0.25, 0.3) is 0 Å². The summed E-state index contributed by atoms with van der Waals surface area (Å²) in [5.41, 5.74) is -0.681. The summed E-state index contributed by atoms with van der Waals surface area (Å²) < 4.78 is 88.8. The molecule has 0 radical (unpaired) electrons. The minimum absolute atomic E-state index is 0.0906. The molecule has 0 aliphatic heterocycles. The van der Waals surface area contributed by atoms with Crippen LogP contribution in [0.1, 0.15) is 15.1 Å². The number of rotatable bonds is 1. The summed E-state index contributed by atoms with van der Waals surface area (Å²) >= 11 is 2.98. The standard InChI is InChI=1S/C16H11Br/c17-14-10-8-13(9-11-14)16-7-3-5-12-4-1-2-6-15(12)16/h1-11H/i1D,2D,3D,4D,5D,6D,7D,8D,9D,10D,11D. The van der Waals surface area contributed by atoms with Crippen molar-refractivity contribution in [2.75, 3.05) is 0 Å². The molecule has 1 heteroatoms. The van der Waals surface area contributed by atoms with Crippen LogP contribution in [-0.2, 0) is 0 Å². The molecule has 0 aliphatic rings. The summed E-state index contributed by atoms with van der Waals surface area (Å²) in [6.45, 7) is 0. The number of halogens is 1. The van der Waals surface area contributed by atoms with Crippen LogP contribution in [0.3, 0.4) is 0 Å². The molecule has 0 saturated carbocycles. The Morgan fingerprint density at radius 3 is 2.29 bits per heavy atom. The lowest BCUT2D eigenvalue weighted by atomic mass is 9.98. The van der Waals surface area contributed by atoms with E-state index in [0.29, 0.717) is 0 Å². The Kier molecular flexibility index (Phi) is 1.01. The molecule has 0 spiro atoms. The molecule has 3 rings (SSSR count). The first kappa shape index (κ1) is 3.96. The SMILES string of the molecule is [2H]c1c([2H])c(-c2c([2H])c([2H])c([2H])c3c([2H])c([2H])c([2H])c([2H])c23)c([2H])c([2H])c1Br. The van der Waals surface area contributed by atoms with Gasteiger partial charge < -0.3 is 0 Å². The molecule has 0 atom stereocenters. The Hall–Kier alpha value is -1.60. The van der Waals surface area contributed by atoms with Crippen LogP contribution < -0.4 is 0 Å². The third-order valence-electron chi connectivity index (χ3n) is 2.16. The van der Waals surface area contributed by atoms with Gasteiger partial charge in [-0.2, -0.15) is 0 Å². The summed E-state index contributed by atoms with van der Waals surface area (Å²) in [6, 6.07) is -6.07. The van der Waals surface area contributed by atoms with Crippen molar-refractivity contribution in [1.29, 1.82) is 0 Å². The van der Waals surface area contributed by atoms with Crippen molar-refractivity contribution in [1.82, 2.24) is 0 Å². The Morgan fingerprint density at radius 1 is 0.765 bits per heavy atom. The first-order valence-corrected chi connectivity index (χ1v) is 5.48. The van der Waals surface area contributed by atoms with Gasteiger partial charge in [-0.1, -0.05) is 70.3 Å². The van der Waals surface area contributed by atoms with Crippen molar-refractivity contribution in [2.45, 2.75) is 0 Å². The average molecular weight is 294 g/mol. The van der Waals surface area contributed by atoms with Gasteiger partial charge in [0.05, 0.1) is 15.1 Å². The van der Waals surface area contributed by atoms with Gasteiger partial charge in [-0.05, 0) is 34.0 Å². The van der Waals surface area contributed by atoms with E-state index in [1.807, 2.05) is 0 Å². The average Bonchev–Trinajstić information content (AvgIpc) is 2.67. The van der Waals surface area contributed by atoms with Gasteiger partial charge in [0.2, 0.25) is 0 Å². The second-order valence-corrected chi connectivity index (χ2v) is 3.98. The van der Waals surface area contributed by atoms with E-state index >= 15 is 0 Å². The van der Waals surface area contributed by atoms with Crippen LogP contribution >= 0.6 is 15.9 Å². The van der Waals surface area contributed by atoms with E-state index in [2.05, 4.69) is 15.9 Å². The van der Waals surface area contributed by atoms with Gasteiger partial charge in [-0.25, -0.2) is 0 Å². The van der Waals surface area contributed by atoms with Gasteiger partial charge in [-0.3, -0.25) is 0 Å². The van der Waals surface area contributed by atoms with Gasteiger partial charge >= 0.3 is 0 Å². The van der Waals surface area contributed by atoms with E-state index in [-0.39, 0.29) is 26.4 Å². The molecule has 0 saturated heterocycles. The maximum Gasteiger partial charge on any atom is 0.0635 e. The highest BCUT2D eigenvalue weighted by Gasteiger charge is 2.02. The van der Waals surface area contributed by atoms with Gasteiger partial charge in [0.15, 0.2) is 0 Å². The molecule has 3 aromatic rings. The van der Waals surface area contributed by atoms with E-state index < -0.39 is 66.5 Å². The maximum absolute atomic E-state index is 8.27. The summed E-state index contributed by atoms with van der Waals surface area (Å²) in [5, 5.41) is -0.582. The van der Waals surface area contributed by atoms with Crippen LogP contribution in [0, 0.1) is 0 Å². The number of hydrogen-bond donors (Lipinski definition) is 0. The lowest BCUT2D eigenvalue weighted by Gasteiger charge is -2.06. The van der Waals surface area contributed by atoms with E-state index in [0.717, 1.165) is 0 Å². The van der Waals surface area contributed by atoms with Crippen LogP contribution in [0.25, 0.3) is 21.9 Å². The topological polar surface area (TPSA) is 0 Å². The minimum Gasteiger partial charge on any atom is -0.0616 e. The van der Waals surface area contributed by atoms with E-state index in [4.69, 9.17) is 15.1 Å². The van der Waals surface area contributed by atoms with Crippen molar-refractivity contribution >= 4 is 26.7 Å². The number of hydrogen-bond acceptors (Lipinski definition) is 0. The third-order valence-corrected chi connectivity index (χ3v) is 2.55. The van der Waals surface area contributed by atoms with Crippen molar-refractivity contribution in [2.24, 2.45) is 0 Å². The number of fused-ring (bicyclic) bond motifs is 1. The molecule has 0 unspecified atom stereocenters. The molecule has 0 bridgehead atoms. The monoisotopic (exact) mass is 293 g/mol. The predicted molar refractivity (Wildman–Crippen MR) is 77.1 cm³/mol. The fourth-order valence-electron chi connectivity index (χ4n) is 1.42. The van der Waals surface area contributed by atoms with Gasteiger partial charge in [-0.15, -0.1) is 0 Å². The largest absolute Gasteiger partial charge is 0.0635 e. The van der Waals surface area contributed by atoms with E-state index in [1.165, 1.54) is 0 Å². The van der Waals surface area contributed by atoms with Crippen LogP contribution in [0.5, 0.6) is 0 Å². The molecular weight excluding hydrogens is 272 g/mol. The van der Waals surface area contributed by atoms with Crippen LogP contribution in [0.15, 0.2) is 70.9 Å². The molecule has 0 fully saturated rings. The summed E-state index contributed by atoms with van der Waals surface area (Å²) in [7, 11) is 0. The highest BCUT2D eigenvalue weighted by Crippen LogP contribution is 2.29. The lowest BCUT2D eigenvalue weighted by molar-refractivity contribution is 1.62. The fraction of sp³-hybridized carbons (Fsp3) is 0. The predicted octanol–water partition coefficient (Wildman–Crippen LogP) is 5.27. The van der Waals surface area contributed by atoms with Gasteiger partial charge in [0.1, 0.15) is 0 Å². The molecule has 82 valence electrons. The summed E-state index contributed by atoms with van der Waals surface area (Å²) in [6.07, 6.45) is 0. The van der Waals surface area contributed by atoms with Crippen LogP contribution in [-0.4, -0.2) is 0 Å². The molecule has 0 N–H and O–H groups in total. The lowest BCUT2D eigenvalue weighted by Crippen LogP contribution is -1.80. The van der Waals surface area contributed by atoms with Crippen LogP contribution in [0.4, 0.5) is 0 Å². The zero-order valence-electron chi connectivity index (χ0n) is 19.4. The van der Waals surface area contributed by atoms with Crippen molar-refractivity contribution in [3.8, 4) is 11.1 Å². The highest BCUT2D eigenvalue weighted by molar-refractivity contribution is 9.10. The van der Waals surface area contributed by atoms with E-state index in [9.17, 15) is 0 Å². The smallest absolute Gasteiger partial charge is 0.0616 e. The molecule has 3 aromatic carbocycles. The normalized spacial score (nSPS) is 19.7. The molecule has 0 aliphatic carbocycles. The van der Waals surface area contributed by atoms with Crippen molar-refractivity contribution in [3.05, 3.63) is 70.9 Å². The first-order chi connectivity index (χ1) is 12.9. The number of benzene rings is 3. The minimum atomic E-state index is -0.632.